The molecule has 3 rings (SSSR count). The molecule has 0 bridgehead atoms. The standard InChI is InChI=1S/C15H10BrNOS/c16-10-5-7-11(8-6-10)17-9-14-15(18)12-3-1-2-4-13(12)19-14/h1-9,18H. The summed E-state index contributed by atoms with van der Waals surface area (Å²) in [5.41, 5.74) is 0.861. The highest BCUT2D eigenvalue weighted by Gasteiger charge is 2.08. The van der Waals surface area contributed by atoms with E-state index in [-0.39, 0.29) is 0 Å². The van der Waals surface area contributed by atoms with Crippen LogP contribution in [0.25, 0.3) is 10.1 Å². The van der Waals surface area contributed by atoms with Crippen LogP contribution in [-0.4, -0.2) is 11.3 Å². The van der Waals surface area contributed by atoms with E-state index < -0.39 is 0 Å². The predicted molar refractivity (Wildman–Crippen MR) is 84.9 cm³/mol. The Balaban J connectivity index is 1.97. The van der Waals surface area contributed by atoms with Crippen LogP contribution in [0.15, 0.2) is 58.0 Å². The van der Waals surface area contributed by atoms with Gasteiger partial charge in [0.15, 0.2) is 0 Å². The van der Waals surface area contributed by atoms with Gasteiger partial charge in [-0.2, -0.15) is 0 Å². The normalized spacial score (nSPS) is 11.4. The number of nitrogens with zero attached hydrogens (tertiary/aromatic N) is 1. The summed E-state index contributed by atoms with van der Waals surface area (Å²) in [6, 6.07) is 15.5. The van der Waals surface area contributed by atoms with Crippen LogP contribution in [0.2, 0.25) is 0 Å². The summed E-state index contributed by atoms with van der Waals surface area (Å²) in [5.74, 6) is 0.307. The molecule has 0 spiro atoms. The van der Waals surface area contributed by atoms with E-state index in [1.807, 2.05) is 48.5 Å². The summed E-state index contributed by atoms with van der Waals surface area (Å²) in [5, 5.41) is 11.0. The highest BCUT2D eigenvalue weighted by atomic mass is 79.9. The van der Waals surface area contributed by atoms with E-state index in [2.05, 4.69) is 20.9 Å². The molecular weight excluding hydrogens is 322 g/mol. The molecule has 1 aromatic heterocycles. The fourth-order valence-electron chi connectivity index (χ4n) is 1.80. The molecule has 0 radical (unpaired) electrons. The van der Waals surface area contributed by atoms with Gasteiger partial charge in [0, 0.05) is 20.8 Å². The van der Waals surface area contributed by atoms with Gasteiger partial charge in [-0.05, 0) is 36.4 Å². The number of rotatable bonds is 2. The van der Waals surface area contributed by atoms with E-state index in [0.717, 1.165) is 25.1 Å². The molecule has 19 heavy (non-hydrogen) atoms. The number of benzene rings is 2. The summed E-state index contributed by atoms with van der Waals surface area (Å²) in [7, 11) is 0. The average molecular weight is 332 g/mol. The molecule has 3 aromatic rings. The van der Waals surface area contributed by atoms with Crippen molar-refractivity contribution in [1.29, 1.82) is 0 Å². The molecular formula is C15H10BrNOS. The van der Waals surface area contributed by atoms with Crippen molar-refractivity contribution in [2.45, 2.75) is 0 Å². The maximum absolute atomic E-state index is 10.1. The van der Waals surface area contributed by atoms with Crippen molar-refractivity contribution in [3.8, 4) is 5.75 Å². The summed E-state index contributed by atoms with van der Waals surface area (Å²) >= 11 is 4.92. The Morgan fingerprint density at radius 3 is 2.53 bits per heavy atom. The van der Waals surface area contributed by atoms with E-state index in [9.17, 15) is 5.11 Å². The summed E-state index contributed by atoms with van der Waals surface area (Å²) in [4.78, 5) is 5.16. The molecule has 0 saturated heterocycles. The van der Waals surface area contributed by atoms with Crippen LogP contribution in [0.1, 0.15) is 4.88 Å². The Bertz CT molecular complexity index is 746. The smallest absolute Gasteiger partial charge is 0.142 e. The monoisotopic (exact) mass is 331 g/mol. The van der Waals surface area contributed by atoms with Gasteiger partial charge in [0.2, 0.25) is 0 Å². The van der Waals surface area contributed by atoms with Crippen LogP contribution in [0, 0.1) is 0 Å². The number of thiophene rings is 1. The highest BCUT2D eigenvalue weighted by Crippen LogP contribution is 2.35. The summed E-state index contributed by atoms with van der Waals surface area (Å²) < 4.78 is 2.09. The molecule has 0 fully saturated rings. The molecule has 0 amide bonds. The lowest BCUT2D eigenvalue weighted by atomic mass is 10.2. The quantitative estimate of drug-likeness (QED) is 0.649. The van der Waals surface area contributed by atoms with Gasteiger partial charge in [0.25, 0.3) is 0 Å². The van der Waals surface area contributed by atoms with Gasteiger partial charge < -0.3 is 5.11 Å². The van der Waals surface area contributed by atoms with Crippen molar-refractivity contribution in [2.24, 2.45) is 4.99 Å². The minimum Gasteiger partial charge on any atom is -0.506 e. The lowest BCUT2D eigenvalue weighted by Gasteiger charge is -1.93. The molecule has 0 saturated carbocycles. The Morgan fingerprint density at radius 1 is 1.05 bits per heavy atom. The first kappa shape index (κ1) is 12.4. The second-order valence-electron chi connectivity index (χ2n) is 4.05. The van der Waals surface area contributed by atoms with Crippen LogP contribution in [0.5, 0.6) is 5.75 Å². The molecule has 94 valence electrons. The molecule has 0 atom stereocenters. The first-order valence-corrected chi connectivity index (χ1v) is 7.35. The second-order valence-corrected chi connectivity index (χ2v) is 6.05. The molecule has 1 heterocycles. The predicted octanol–water partition coefficient (Wildman–Crippen LogP) is 5.12. The minimum absolute atomic E-state index is 0.307. The van der Waals surface area contributed by atoms with Gasteiger partial charge in [-0.15, -0.1) is 11.3 Å². The van der Waals surface area contributed by atoms with Crippen LogP contribution < -0.4 is 0 Å². The molecule has 0 aliphatic carbocycles. The van der Waals surface area contributed by atoms with Crippen molar-refractivity contribution in [2.75, 3.05) is 0 Å². The van der Waals surface area contributed by atoms with Gasteiger partial charge in [-0.25, -0.2) is 0 Å². The first-order chi connectivity index (χ1) is 9.24. The van der Waals surface area contributed by atoms with E-state index in [1.165, 1.54) is 11.3 Å². The van der Waals surface area contributed by atoms with Gasteiger partial charge in [-0.1, -0.05) is 28.1 Å². The number of fused-ring (bicyclic) bond motifs is 1. The third kappa shape index (κ3) is 2.55. The van der Waals surface area contributed by atoms with Gasteiger partial charge >= 0.3 is 0 Å². The lowest BCUT2D eigenvalue weighted by Crippen LogP contribution is -1.74. The summed E-state index contributed by atoms with van der Waals surface area (Å²) in [6.45, 7) is 0. The Labute approximate surface area is 123 Å². The number of hydrogen-bond acceptors (Lipinski definition) is 3. The maximum Gasteiger partial charge on any atom is 0.142 e. The molecule has 1 N–H and O–H groups in total. The first-order valence-electron chi connectivity index (χ1n) is 5.74. The van der Waals surface area contributed by atoms with Gasteiger partial charge in [0.1, 0.15) is 5.75 Å². The number of hydrogen-bond donors (Lipinski definition) is 1. The molecule has 0 aliphatic heterocycles. The maximum atomic E-state index is 10.1. The largest absolute Gasteiger partial charge is 0.506 e. The molecule has 2 aromatic carbocycles. The lowest BCUT2D eigenvalue weighted by molar-refractivity contribution is 0.483. The second kappa shape index (κ2) is 5.15. The van der Waals surface area contributed by atoms with Gasteiger partial charge in [0.05, 0.1) is 10.6 Å². The number of halogens is 1. The van der Waals surface area contributed by atoms with Crippen molar-refractivity contribution >= 4 is 49.3 Å². The topological polar surface area (TPSA) is 32.6 Å². The van der Waals surface area contributed by atoms with Gasteiger partial charge in [-0.3, -0.25) is 4.99 Å². The highest BCUT2D eigenvalue weighted by molar-refractivity contribution is 9.10. The Morgan fingerprint density at radius 2 is 1.79 bits per heavy atom. The zero-order valence-corrected chi connectivity index (χ0v) is 12.3. The van der Waals surface area contributed by atoms with Crippen molar-refractivity contribution in [1.82, 2.24) is 0 Å². The third-order valence-corrected chi connectivity index (χ3v) is 4.38. The molecule has 2 nitrogen and oxygen atoms in total. The number of aromatic hydroxyl groups is 1. The van der Waals surface area contributed by atoms with E-state index in [4.69, 9.17) is 0 Å². The Hall–Kier alpha value is -1.65. The zero-order chi connectivity index (χ0) is 13.2. The molecule has 0 aliphatic rings. The molecule has 4 heteroatoms. The van der Waals surface area contributed by atoms with Crippen molar-refractivity contribution in [3.05, 3.63) is 57.9 Å². The minimum atomic E-state index is 0.307. The van der Waals surface area contributed by atoms with Crippen LogP contribution in [0.4, 0.5) is 5.69 Å². The Kier molecular flexibility index (Phi) is 3.36. The van der Waals surface area contributed by atoms with Crippen LogP contribution >= 0.6 is 27.3 Å². The average Bonchev–Trinajstić information content (AvgIpc) is 2.76. The van der Waals surface area contributed by atoms with E-state index in [1.54, 1.807) is 6.21 Å². The SMILES string of the molecule is Oc1c(C=Nc2ccc(Br)cc2)sc2ccccc12. The van der Waals surface area contributed by atoms with Crippen molar-refractivity contribution in [3.63, 3.8) is 0 Å². The van der Waals surface area contributed by atoms with Crippen molar-refractivity contribution < 1.29 is 5.11 Å². The molecule has 0 unspecified atom stereocenters. The fourth-order valence-corrected chi connectivity index (χ4v) is 3.03. The third-order valence-electron chi connectivity index (χ3n) is 2.75. The van der Waals surface area contributed by atoms with E-state index >= 15 is 0 Å². The van der Waals surface area contributed by atoms with E-state index in [0.29, 0.717) is 5.75 Å². The van der Waals surface area contributed by atoms with Crippen LogP contribution in [0.3, 0.4) is 0 Å². The van der Waals surface area contributed by atoms with Crippen LogP contribution in [-0.2, 0) is 0 Å². The summed E-state index contributed by atoms with van der Waals surface area (Å²) in [6.07, 6.45) is 1.71. The fraction of sp³-hybridized carbons (Fsp3) is 0. The zero-order valence-electron chi connectivity index (χ0n) is 9.88. The number of aliphatic imine (C=N–C) groups is 1.